The molecule has 1 N–H and O–H groups in total. The van der Waals surface area contributed by atoms with Crippen molar-refractivity contribution in [2.45, 2.75) is 63.4 Å². The van der Waals surface area contributed by atoms with Gasteiger partial charge in [-0.2, -0.15) is 0 Å². The van der Waals surface area contributed by atoms with Crippen LogP contribution in [0.15, 0.2) is 14.7 Å². The third-order valence-electron chi connectivity index (χ3n) is 3.55. The number of unbranched alkanes of at least 4 members (excludes halogenated alkanes) is 3. The van der Waals surface area contributed by atoms with E-state index in [2.05, 4.69) is 30.7 Å². The monoisotopic (exact) mass is 324 g/mol. The number of fused-ring (bicyclic) bond motifs is 1. The van der Waals surface area contributed by atoms with E-state index in [4.69, 9.17) is 0 Å². The summed E-state index contributed by atoms with van der Waals surface area (Å²) in [6.45, 7) is 7.11. The quantitative estimate of drug-likeness (QED) is 0.627. The standard InChI is InChI=1S/C15H24N4O2S/c1-5-6-7-8-9-19-11-12(16-15(19)22-10(2)3)18(4)14(21)17-13(11)20/h10H,5-9H2,1-4H3,(H,17,20,21). The Morgan fingerprint density at radius 2 is 1.95 bits per heavy atom. The maximum Gasteiger partial charge on any atom is 0.329 e. The minimum atomic E-state index is -0.422. The highest BCUT2D eigenvalue weighted by Crippen LogP contribution is 2.25. The first-order chi connectivity index (χ1) is 10.5. The van der Waals surface area contributed by atoms with Gasteiger partial charge in [0.1, 0.15) is 0 Å². The summed E-state index contributed by atoms with van der Waals surface area (Å²) < 4.78 is 3.37. The molecule has 0 aromatic carbocycles. The highest BCUT2D eigenvalue weighted by atomic mass is 32.2. The fraction of sp³-hybridized carbons (Fsp3) is 0.667. The van der Waals surface area contributed by atoms with Crippen molar-refractivity contribution in [3.05, 3.63) is 20.8 Å². The summed E-state index contributed by atoms with van der Waals surface area (Å²) >= 11 is 1.62. The maximum absolute atomic E-state index is 12.2. The molecule has 0 unspecified atom stereocenters. The molecule has 0 spiro atoms. The van der Waals surface area contributed by atoms with Gasteiger partial charge in [-0.25, -0.2) is 9.78 Å². The minimum Gasteiger partial charge on any atom is -0.313 e. The second-order valence-corrected chi connectivity index (χ2v) is 7.31. The summed E-state index contributed by atoms with van der Waals surface area (Å²) in [7, 11) is 1.64. The maximum atomic E-state index is 12.2. The van der Waals surface area contributed by atoms with Gasteiger partial charge in [0.2, 0.25) is 0 Å². The number of nitrogens with one attached hydrogen (secondary N) is 1. The summed E-state index contributed by atoms with van der Waals surface area (Å²) in [6.07, 6.45) is 4.50. The largest absolute Gasteiger partial charge is 0.329 e. The molecule has 0 bridgehead atoms. The van der Waals surface area contributed by atoms with E-state index in [0.717, 1.165) is 24.5 Å². The third-order valence-corrected chi connectivity index (χ3v) is 4.54. The van der Waals surface area contributed by atoms with E-state index in [-0.39, 0.29) is 5.56 Å². The molecule has 0 fully saturated rings. The SMILES string of the molecule is CCCCCCn1c(SC(C)C)nc2c1c(=O)[nH]c(=O)n2C. The molecule has 0 saturated carbocycles. The second kappa shape index (κ2) is 7.17. The third kappa shape index (κ3) is 3.45. The molecule has 0 aliphatic rings. The first kappa shape index (κ1) is 16.9. The van der Waals surface area contributed by atoms with E-state index in [1.165, 1.54) is 17.4 Å². The average Bonchev–Trinajstić information content (AvgIpc) is 2.79. The highest BCUT2D eigenvalue weighted by molar-refractivity contribution is 7.99. The van der Waals surface area contributed by atoms with Gasteiger partial charge in [-0.05, 0) is 6.42 Å². The highest BCUT2D eigenvalue weighted by Gasteiger charge is 2.18. The summed E-state index contributed by atoms with van der Waals surface area (Å²) in [5.74, 6) is 0. The van der Waals surface area contributed by atoms with Crippen LogP contribution in [-0.4, -0.2) is 24.4 Å². The molecule has 2 aromatic rings. The van der Waals surface area contributed by atoms with Crippen molar-refractivity contribution in [2.24, 2.45) is 7.05 Å². The van der Waals surface area contributed by atoms with Crippen LogP contribution in [-0.2, 0) is 13.6 Å². The number of thioether (sulfide) groups is 1. The number of H-pyrrole nitrogens is 1. The van der Waals surface area contributed by atoms with Gasteiger partial charge in [-0.15, -0.1) is 0 Å². The number of hydrogen-bond donors (Lipinski definition) is 1. The topological polar surface area (TPSA) is 72.7 Å². The van der Waals surface area contributed by atoms with Gasteiger partial charge in [0, 0.05) is 18.8 Å². The molecule has 7 heteroatoms. The molecule has 0 amide bonds. The molecule has 0 aliphatic heterocycles. The van der Waals surface area contributed by atoms with E-state index >= 15 is 0 Å². The Balaban J connectivity index is 2.51. The molecule has 0 radical (unpaired) electrons. The number of imidazole rings is 1. The van der Waals surface area contributed by atoms with E-state index < -0.39 is 5.69 Å². The Morgan fingerprint density at radius 3 is 2.59 bits per heavy atom. The second-order valence-electron chi connectivity index (χ2n) is 5.76. The lowest BCUT2D eigenvalue weighted by atomic mass is 10.2. The fourth-order valence-corrected chi connectivity index (χ4v) is 3.29. The number of aromatic amines is 1. The summed E-state index contributed by atoms with van der Waals surface area (Å²) in [5.41, 5.74) is 0.195. The normalized spacial score (nSPS) is 11.7. The molecule has 122 valence electrons. The zero-order chi connectivity index (χ0) is 16.3. The van der Waals surface area contributed by atoms with Crippen molar-refractivity contribution in [3.63, 3.8) is 0 Å². The van der Waals surface area contributed by atoms with Crippen LogP contribution in [0.3, 0.4) is 0 Å². The molecular weight excluding hydrogens is 300 g/mol. The Morgan fingerprint density at radius 1 is 1.23 bits per heavy atom. The Bertz CT molecular complexity index is 757. The van der Waals surface area contributed by atoms with E-state index in [0.29, 0.717) is 16.4 Å². The minimum absolute atomic E-state index is 0.350. The molecule has 0 aliphatic carbocycles. The number of hydrogen-bond acceptors (Lipinski definition) is 4. The summed E-state index contributed by atoms with van der Waals surface area (Å²) in [5, 5.41) is 1.18. The molecule has 2 rings (SSSR count). The Kier molecular flexibility index (Phi) is 5.50. The molecule has 6 nitrogen and oxygen atoms in total. The number of nitrogens with zero attached hydrogens (tertiary/aromatic N) is 3. The van der Waals surface area contributed by atoms with Gasteiger partial charge in [0.15, 0.2) is 16.3 Å². The first-order valence-electron chi connectivity index (χ1n) is 7.81. The number of aryl methyl sites for hydroxylation is 2. The fourth-order valence-electron chi connectivity index (χ4n) is 2.42. The van der Waals surface area contributed by atoms with Crippen molar-refractivity contribution >= 4 is 22.9 Å². The molecular formula is C15H24N4O2S. The number of rotatable bonds is 7. The Labute approximate surface area is 133 Å². The molecule has 22 heavy (non-hydrogen) atoms. The predicted octanol–water partition coefficient (Wildman–Crippen LogP) is 2.50. The summed E-state index contributed by atoms with van der Waals surface area (Å²) in [6, 6.07) is 0. The average molecular weight is 324 g/mol. The Hall–Kier alpha value is -1.50. The lowest BCUT2D eigenvalue weighted by molar-refractivity contribution is 0.562. The van der Waals surface area contributed by atoms with Gasteiger partial charge in [0.25, 0.3) is 5.56 Å². The van der Waals surface area contributed by atoms with E-state index in [1.54, 1.807) is 18.8 Å². The van der Waals surface area contributed by atoms with Crippen LogP contribution in [0.1, 0.15) is 46.5 Å². The van der Waals surface area contributed by atoms with Gasteiger partial charge in [-0.3, -0.25) is 14.3 Å². The van der Waals surface area contributed by atoms with Crippen molar-refractivity contribution in [1.29, 1.82) is 0 Å². The predicted molar refractivity (Wildman–Crippen MR) is 90.7 cm³/mol. The smallest absolute Gasteiger partial charge is 0.313 e. The van der Waals surface area contributed by atoms with Crippen molar-refractivity contribution in [2.75, 3.05) is 0 Å². The van der Waals surface area contributed by atoms with Crippen LogP contribution in [0.2, 0.25) is 0 Å². The molecule has 2 heterocycles. The van der Waals surface area contributed by atoms with Gasteiger partial charge < -0.3 is 4.57 Å². The first-order valence-corrected chi connectivity index (χ1v) is 8.69. The zero-order valence-electron chi connectivity index (χ0n) is 13.7. The lowest BCUT2D eigenvalue weighted by Crippen LogP contribution is -2.29. The van der Waals surface area contributed by atoms with Crippen LogP contribution >= 0.6 is 11.8 Å². The van der Waals surface area contributed by atoms with Gasteiger partial charge in [0.05, 0.1) is 0 Å². The van der Waals surface area contributed by atoms with E-state index in [9.17, 15) is 9.59 Å². The van der Waals surface area contributed by atoms with Crippen molar-refractivity contribution < 1.29 is 0 Å². The van der Waals surface area contributed by atoms with Crippen LogP contribution < -0.4 is 11.2 Å². The zero-order valence-corrected chi connectivity index (χ0v) is 14.5. The van der Waals surface area contributed by atoms with Crippen LogP contribution in [0.25, 0.3) is 11.2 Å². The molecule has 0 atom stereocenters. The van der Waals surface area contributed by atoms with Gasteiger partial charge in [-0.1, -0.05) is 51.8 Å². The number of aromatic nitrogens is 4. The van der Waals surface area contributed by atoms with Crippen LogP contribution in [0.4, 0.5) is 0 Å². The van der Waals surface area contributed by atoms with Crippen molar-refractivity contribution in [3.8, 4) is 0 Å². The van der Waals surface area contributed by atoms with Crippen molar-refractivity contribution in [1.82, 2.24) is 19.1 Å². The lowest BCUT2D eigenvalue weighted by Gasteiger charge is -2.09. The van der Waals surface area contributed by atoms with Crippen LogP contribution in [0, 0.1) is 0 Å². The molecule has 0 saturated heterocycles. The van der Waals surface area contributed by atoms with E-state index in [1.807, 2.05) is 4.57 Å². The van der Waals surface area contributed by atoms with Crippen LogP contribution in [0.5, 0.6) is 0 Å². The summed E-state index contributed by atoms with van der Waals surface area (Å²) in [4.78, 5) is 30.9. The van der Waals surface area contributed by atoms with Gasteiger partial charge >= 0.3 is 5.69 Å². The molecule has 2 aromatic heterocycles.